The minimum atomic E-state index is -4.25. The van der Waals surface area contributed by atoms with Gasteiger partial charge in [-0.05, 0) is 31.1 Å². The average Bonchev–Trinajstić information content (AvgIpc) is 2.15. The van der Waals surface area contributed by atoms with Crippen molar-refractivity contribution in [2.24, 2.45) is 11.8 Å². The van der Waals surface area contributed by atoms with Gasteiger partial charge in [-0.3, -0.25) is 4.84 Å². The van der Waals surface area contributed by atoms with Crippen molar-refractivity contribution < 1.29 is 18.0 Å². The first-order valence-electron chi connectivity index (χ1n) is 6.31. The summed E-state index contributed by atoms with van der Waals surface area (Å²) in [7, 11) is 0. The van der Waals surface area contributed by atoms with Crippen LogP contribution in [-0.2, 0) is 4.84 Å². The van der Waals surface area contributed by atoms with Gasteiger partial charge in [0.1, 0.15) is 0 Å². The topological polar surface area (TPSA) is 21.3 Å². The number of hydrogen-bond acceptors (Lipinski definition) is 2. The summed E-state index contributed by atoms with van der Waals surface area (Å²) in [5.41, 5.74) is 2.56. The zero-order valence-electron chi connectivity index (χ0n) is 10.5. The third-order valence-electron chi connectivity index (χ3n) is 3.07. The van der Waals surface area contributed by atoms with Gasteiger partial charge in [-0.25, -0.2) is 0 Å². The highest BCUT2D eigenvalue weighted by Crippen LogP contribution is 2.29. The highest BCUT2D eigenvalue weighted by molar-refractivity contribution is 4.76. The molecule has 0 saturated heterocycles. The van der Waals surface area contributed by atoms with Gasteiger partial charge in [0, 0.05) is 6.04 Å². The van der Waals surface area contributed by atoms with E-state index in [2.05, 4.69) is 24.2 Å². The van der Waals surface area contributed by atoms with Crippen LogP contribution in [0.25, 0.3) is 0 Å². The van der Waals surface area contributed by atoms with E-state index in [1.165, 1.54) is 6.42 Å². The van der Waals surface area contributed by atoms with Crippen LogP contribution >= 0.6 is 0 Å². The molecule has 2 nitrogen and oxygen atoms in total. The molecule has 102 valence electrons. The van der Waals surface area contributed by atoms with Gasteiger partial charge >= 0.3 is 6.18 Å². The minimum absolute atomic E-state index is 0.0786. The molecule has 0 spiro atoms. The Morgan fingerprint density at radius 1 is 1.29 bits per heavy atom. The Morgan fingerprint density at radius 3 is 2.59 bits per heavy atom. The summed E-state index contributed by atoms with van der Waals surface area (Å²) in [6, 6.07) is 0.0786. The van der Waals surface area contributed by atoms with E-state index in [0.29, 0.717) is 11.8 Å². The van der Waals surface area contributed by atoms with Crippen molar-refractivity contribution in [1.29, 1.82) is 0 Å². The smallest absolute Gasteiger partial charge is 0.292 e. The van der Waals surface area contributed by atoms with Crippen LogP contribution in [0.2, 0.25) is 0 Å². The molecule has 0 bridgehead atoms. The highest BCUT2D eigenvalue weighted by Gasteiger charge is 2.29. The van der Waals surface area contributed by atoms with E-state index in [-0.39, 0.29) is 6.04 Å². The quantitative estimate of drug-likeness (QED) is 0.755. The second-order valence-electron chi connectivity index (χ2n) is 5.38. The predicted molar refractivity (Wildman–Crippen MR) is 60.3 cm³/mol. The van der Waals surface area contributed by atoms with Gasteiger partial charge < -0.3 is 0 Å². The zero-order valence-corrected chi connectivity index (χ0v) is 10.5. The Kier molecular flexibility index (Phi) is 5.73. The standard InChI is InChI=1S/C12H22F3NO/c1-9(2)6-10-4-3-5-11(7-10)16-17-8-12(13,14)15/h9-11,16H,3-8H2,1-2H3. The van der Waals surface area contributed by atoms with Crippen LogP contribution in [0.3, 0.4) is 0 Å². The SMILES string of the molecule is CC(C)CC1CCCC(NOCC(F)(F)F)C1. The Hall–Kier alpha value is -0.290. The van der Waals surface area contributed by atoms with E-state index in [1.54, 1.807) is 0 Å². The molecule has 0 heterocycles. The summed E-state index contributed by atoms with van der Waals surface area (Å²) in [5, 5.41) is 0. The van der Waals surface area contributed by atoms with Crippen molar-refractivity contribution in [2.45, 2.75) is 58.2 Å². The van der Waals surface area contributed by atoms with Crippen molar-refractivity contribution in [2.75, 3.05) is 6.61 Å². The summed E-state index contributed by atoms with van der Waals surface area (Å²) in [5.74, 6) is 1.27. The predicted octanol–water partition coefficient (Wildman–Crippen LogP) is 3.67. The number of alkyl halides is 3. The molecule has 2 unspecified atom stereocenters. The van der Waals surface area contributed by atoms with Crippen LogP contribution in [0.1, 0.15) is 46.0 Å². The zero-order chi connectivity index (χ0) is 12.9. The lowest BCUT2D eigenvalue weighted by molar-refractivity contribution is -0.194. The molecule has 0 aromatic carbocycles. The van der Waals surface area contributed by atoms with E-state index in [0.717, 1.165) is 25.7 Å². The Bertz CT molecular complexity index is 218. The van der Waals surface area contributed by atoms with Crippen LogP contribution < -0.4 is 5.48 Å². The molecule has 2 atom stereocenters. The molecule has 1 aliphatic rings. The number of nitrogens with one attached hydrogen (secondary N) is 1. The van der Waals surface area contributed by atoms with Gasteiger partial charge in [0.25, 0.3) is 0 Å². The number of hydrogen-bond donors (Lipinski definition) is 1. The van der Waals surface area contributed by atoms with Gasteiger partial charge in [0.2, 0.25) is 0 Å². The lowest BCUT2D eigenvalue weighted by atomic mass is 9.81. The van der Waals surface area contributed by atoms with Crippen LogP contribution in [0.5, 0.6) is 0 Å². The lowest BCUT2D eigenvalue weighted by Gasteiger charge is -2.30. The summed E-state index contributed by atoms with van der Waals surface area (Å²) in [6.45, 7) is 3.15. The molecule has 1 rings (SSSR count). The maximum atomic E-state index is 11.9. The van der Waals surface area contributed by atoms with Crippen molar-refractivity contribution in [1.82, 2.24) is 5.48 Å². The molecule has 0 aliphatic heterocycles. The van der Waals surface area contributed by atoms with Crippen molar-refractivity contribution in [3.05, 3.63) is 0 Å². The largest absolute Gasteiger partial charge is 0.413 e. The molecular weight excluding hydrogens is 231 g/mol. The van der Waals surface area contributed by atoms with E-state index < -0.39 is 12.8 Å². The fraction of sp³-hybridized carbons (Fsp3) is 1.00. The summed E-state index contributed by atoms with van der Waals surface area (Å²) in [4.78, 5) is 4.52. The van der Waals surface area contributed by atoms with E-state index in [9.17, 15) is 13.2 Å². The van der Waals surface area contributed by atoms with Gasteiger partial charge in [0.05, 0.1) is 0 Å². The molecule has 17 heavy (non-hydrogen) atoms. The average molecular weight is 253 g/mol. The molecule has 0 aromatic heterocycles. The summed E-state index contributed by atoms with van der Waals surface area (Å²) >= 11 is 0. The second kappa shape index (κ2) is 6.59. The normalized spacial score (nSPS) is 26.5. The van der Waals surface area contributed by atoms with Crippen LogP contribution in [-0.4, -0.2) is 18.8 Å². The molecule has 0 aromatic rings. The molecule has 0 amide bonds. The van der Waals surface area contributed by atoms with Crippen LogP contribution in [0.4, 0.5) is 13.2 Å². The number of rotatable bonds is 5. The Balaban J connectivity index is 2.20. The first-order valence-corrected chi connectivity index (χ1v) is 6.31. The highest BCUT2D eigenvalue weighted by atomic mass is 19.4. The third kappa shape index (κ3) is 6.88. The summed E-state index contributed by atoms with van der Waals surface area (Å²) in [6.07, 6.45) is 0.999. The van der Waals surface area contributed by atoms with Gasteiger partial charge in [-0.2, -0.15) is 18.7 Å². The maximum absolute atomic E-state index is 11.9. The van der Waals surface area contributed by atoms with E-state index in [4.69, 9.17) is 0 Å². The van der Waals surface area contributed by atoms with Crippen LogP contribution in [0, 0.1) is 11.8 Å². The second-order valence-corrected chi connectivity index (χ2v) is 5.38. The number of halogens is 3. The van der Waals surface area contributed by atoms with Crippen molar-refractivity contribution >= 4 is 0 Å². The number of hydroxylamine groups is 1. The van der Waals surface area contributed by atoms with Gasteiger partial charge in [0.15, 0.2) is 6.61 Å². The summed E-state index contributed by atoms with van der Waals surface area (Å²) < 4.78 is 35.7. The Morgan fingerprint density at radius 2 is 2.00 bits per heavy atom. The first kappa shape index (κ1) is 14.8. The molecular formula is C12H22F3NO. The maximum Gasteiger partial charge on any atom is 0.413 e. The molecule has 1 aliphatic carbocycles. The molecule has 1 fully saturated rings. The fourth-order valence-corrected chi connectivity index (χ4v) is 2.52. The van der Waals surface area contributed by atoms with E-state index >= 15 is 0 Å². The van der Waals surface area contributed by atoms with Crippen molar-refractivity contribution in [3.8, 4) is 0 Å². The molecule has 1 N–H and O–H groups in total. The Labute approximate surface area is 101 Å². The van der Waals surface area contributed by atoms with Crippen LogP contribution in [0.15, 0.2) is 0 Å². The lowest BCUT2D eigenvalue weighted by Crippen LogP contribution is -2.36. The molecule has 5 heteroatoms. The monoisotopic (exact) mass is 253 g/mol. The third-order valence-corrected chi connectivity index (χ3v) is 3.07. The van der Waals surface area contributed by atoms with E-state index in [1.807, 2.05) is 0 Å². The minimum Gasteiger partial charge on any atom is -0.292 e. The van der Waals surface area contributed by atoms with Crippen molar-refractivity contribution in [3.63, 3.8) is 0 Å². The van der Waals surface area contributed by atoms with Gasteiger partial charge in [-0.1, -0.05) is 26.7 Å². The molecule has 0 radical (unpaired) electrons. The first-order chi connectivity index (χ1) is 7.87. The molecule has 1 saturated carbocycles. The fourth-order valence-electron chi connectivity index (χ4n) is 2.52. The van der Waals surface area contributed by atoms with Gasteiger partial charge in [-0.15, -0.1) is 0 Å².